The maximum absolute atomic E-state index is 13.6. The summed E-state index contributed by atoms with van der Waals surface area (Å²) >= 11 is 0. The lowest BCUT2D eigenvalue weighted by Gasteiger charge is -2.29. The van der Waals surface area contributed by atoms with Crippen molar-refractivity contribution >= 4 is 11.8 Å². The SMILES string of the molecule is CC(C)CN(Cc1ccc(C(=O)N(O)C(C)CN(Cc2cccnc2)Cc2cc(C(=O)NO)on2)cc1)Cc1cccnc1C(F)(F)F. The van der Waals surface area contributed by atoms with Crippen LogP contribution in [-0.4, -0.2) is 71.3 Å². The summed E-state index contributed by atoms with van der Waals surface area (Å²) in [6, 6.07) is 13.8. The molecule has 0 saturated carbocycles. The van der Waals surface area contributed by atoms with E-state index >= 15 is 0 Å². The Labute approximate surface area is 275 Å². The minimum atomic E-state index is -4.57. The summed E-state index contributed by atoms with van der Waals surface area (Å²) in [7, 11) is 0. The Morgan fingerprint density at radius 2 is 1.60 bits per heavy atom. The Balaban J connectivity index is 1.43. The molecule has 0 radical (unpaired) electrons. The van der Waals surface area contributed by atoms with E-state index in [2.05, 4.69) is 15.1 Å². The van der Waals surface area contributed by atoms with Gasteiger partial charge in [-0.25, -0.2) is 10.5 Å². The number of carbonyl (C=O) groups is 2. The zero-order chi connectivity index (χ0) is 34.8. The third-order valence-electron chi connectivity index (χ3n) is 7.33. The van der Waals surface area contributed by atoms with Crippen molar-refractivity contribution in [2.24, 2.45) is 5.92 Å². The van der Waals surface area contributed by atoms with Gasteiger partial charge in [-0.3, -0.25) is 39.8 Å². The maximum Gasteiger partial charge on any atom is 0.433 e. The van der Waals surface area contributed by atoms with Gasteiger partial charge in [0.05, 0.1) is 11.7 Å². The summed E-state index contributed by atoms with van der Waals surface area (Å²) in [4.78, 5) is 36.4. The van der Waals surface area contributed by atoms with Gasteiger partial charge in [0.1, 0.15) is 5.69 Å². The highest BCUT2D eigenvalue weighted by Gasteiger charge is 2.35. The molecule has 12 nitrogen and oxygen atoms in total. The van der Waals surface area contributed by atoms with E-state index in [0.717, 1.165) is 17.3 Å². The van der Waals surface area contributed by atoms with Crippen molar-refractivity contribution in [3.8, 4) is 0 Å². The summed E-state index contributed by atoms with van der Waals surface area (Å²) in [6.45, 7) is 7.32. The van der Waals surface area contributed by atoms with E-state index in [0.29, 0.717) is 30.4 Å². The van der Waals surface area contributed by atoms with Gasteiger partial charge in [0, 0.05) is 69.5 Å². The fourth-order valence-electron chi connectivity index (χ4n) is 5.27. The van der Waals surface area contributed by atoms with Gasteiger partial charge in [-0.2, -0.15) is 13.2 Å². The number of carbonyl (C=O) groups excluding carboxylic acids is 2. The van der Waals surface area contributed by atoms with Gasteiger partial charge in [0.2, 0.25) is 5.76 Å². The Bertz CT molecular complexity index is 1630. The number of rotatable bonds is 15. The van der Waals surface area contributed by atoms with Crippen LogP contribution in [0, 0.1) is 5.92 Å². The van der Waals surface area contributed by atoms with Gasteiger partial charge >= 0.3 is 12.1 Å². The number of benzene rings is 1. The topological polar surface area (TPSA) is 148 Å². The third-order valence-corrected chi connectivity index (χ3v) is 7.33. The van der Waals surface area contributed by atoms with Gasteiger partial charge in [0.25, 0.3) is 5.91 Å². The number of amides is 2. The van der Waals surface area contributed by atoms with E-state index < -0.39 is 29.7 Å². The van der Waals surface area contributed by atoms with E-state index in [1.165, 1.54) is 23.7 Å². The first-order valence-electron chi connectivity index (χ1n) is 15.2. The van der Waals surface area contributed by atoms with E-state index in [-0.39, 0.29) is 42.4 Å². The summed E-state index contributed by atoms with van der Waals surface area (Å²) < 4.78 is 45.7. The average molecular weight is 670 g/mol. The first kappa shape index (κ1) is 36.1. The average Bonchev–Trinajstić information content (AvgIpc) is 3.52. The van der Waals surface area contributed by atoms with Crippen LogP contribution in [0.1, 0.15) is 69.8 Å². The predicted octanol–water partition coefficient (Wildman–Crippen LogP) is 5.18. The monoisotopic (exact) mass is 669 g/mol. The summed E-state index contributed by atoms with van der Waals surface area (Å²) in [6.07, 6.45) is -0.114. The van der Waals surface area contributed by atoms with Crippen LogP contribution in [0.2, 0.25) is 0 Å². The molecule has 0 spiro atoms. The first-order chi connectivity index (χ1) is 22.8. The van der Waals surface area contributed by atoms with Crippen molar-refractivity contribution in [2.45, 2.75) is 59.2 Å². The molecule has 256 valence electrons. The lowest BCUT2D eigenvalue weighted by molar-refractivity contribution is -0.142. The summed E-state index contributed by atoms with van der Waals surface area (Å²) in [5.74, 6) is -1.48. The second-order valence-electron chi connectivity index (χ2n) is 11.9. The Kier molecular flexibility index (Phi) is 12.4. The van der Waals surface area contributed by atoms with E-state index in [1.807, 2.05) is 29.7 Å². The number of aromatic nitrogens is 3. The van der Waals surface area contributed by atoms with E-state index in [9.17, 15) is 28.0 Å². The highest BCUT2D eigenvalue weighted by Crippen LogP contribution is 2.31. The molecule has 2 amide bonds. The molecule has 4 rings (SSSR count). The molecular formula is C33H38F3N7O5. The van der Waals surface area contributed by atoms with Crippen molar-refractivity contribution < 1.29 is 37.7 Å². The molecule has 0 fully saturated rings. The number of nitrogens with zero attached hydrogens (tertiary/aromatic N) is 6. The van der Waals surface area contributed by atoms with Crippen molar-refractivity contribution in [1.82, 2.24) is 35.5 Å². The molecule has 0 saturated heterocycles. The predicted molar refractivity (Wildman–Crippen MR) is 166 cm³/mol. The van der Waals surface area contributed by atoms with Crippen molar-refractivity contribution in [3.05, 3.63) is 113 Å². The lowest BCUT2D eigenvalue weighted by atomic mass is 10.1. The normalized spacial score (nSPS) is 12.5. The second-order valence-corrected chi connectivity index (χ2v) is 11.9. The molecule has 1 aromatic carbocycles. The molecule has 0 bridgehead atoms. The van der Waals surface area contributed by atoms with E-state index in [1.54, 1.807) is 49.6 Å². The molecule has 1 atom stereocenters. The minimum Gasteiger partial charge on any atom is -0.351 e. The number of hydrogen-bond acceptors (Lipinski definition) is 10. The van der Waals surface area contributed by atoms with Crippen LogP contribution in [0.25, 0.3) is 0 Å². The van der Waals surface area contributed by atoms with Crippen molar-refractivity contribution in [1.29, 1.82) is 0 Å². The fourth-order valence-corrected chi connectivity index (χ4v) is 5.27. The molecule has 48 heavy (non-hydrogen) atoms. The maximum atomic E-state index is 13.6. The van der Waals surface area contributed by atoms with Gasteiger partial charge in [-0.1, -0.05) is 43.3 Å². The number of hydroxylamine groups is 3. The number of pyridine rings is 2. The van der Waals surface area contributed by atoms with Crippen LogP contribution < -0.4 is 5.48 Å². The molecule has 0 aliphatic carbocycles. The van der Waals surface area contributed by atoms with E-state index in [4.69, 9.17) is 9.73 Å². The molecule has 3 N–H and O–H groups in total. The van der Waals surface area contributed by atoms with Crippen LogP contribution >= 0.6 is 0 Å². The molecule has 3 aromatic heterocycles. The van der Waals surface area contributed by atoms with Crippen molar-refractivity contribution in [2.75, 3.05) is 13.1 Å². The van der Waals surface area contributed by atoms with Gasteiger partial charge in [-0.15, -0.1) is 0 Å². The molecule has 0 aliphatic rings. The number of alkyl halides is 3. The number of halogens is 3. The van der Waals surface area contributed by atoms with Crippen LogP contribution in [0.3, 0.4) is 0 Å². The Morgan fingerprint density at radius 1 is 0.917 bits per heavy atom. The quantitative estimate of drug-likeness (QED) is 0.114. The third kappa shape index (κ3) is 10.1. The molecule has 15 heteroatoms. The zero-order valence-electron chi connectivity index (χ0n) is 26.8. The first-order valence-corrected chi connectivity index (χ1v) is 15.2. The molecule has 1 unspecified atom stereocenters. The number of hydrogen-bond donors (Lipinski definition) is 3. The van der Waals surface area contributed by atoms with Gasteiger partial charge < -0.3 is 4.52 Å². The van der Waals surface area contributed by atoms with Crippen LogP contribution in [-0.2, 0) is 32.4 Å². The lowest BCUT2D eigenvalue weighted by Crippen LogP contribution is -2.43. The van der Waals surface area contributed by atoms with Crippen molar-refractivity contribution in [3.63, 3.8) is 0 Å². The largest absolute Gasteiger partial charge is 0.433 e. The fraction of sp³-hybridized carbons (Fsp3) is 0.364. The molecule has 4 aromatic rings. The highest BCUT2D eigenvalue weighted by molar-refractivity contribution is 5.93. The van der Waals surface area contributed by atoms with Crippen LogP contribution in [0.15, 0.2) is 77.7 Å². The van der Waals surface area contributed by atoms with Crippen LogP contribution in [0.5, 0.6) is 0 Å². The second kappa shape index (κ2) is 16.4. The smallest absolute Gasteiger partial charge is 0.351 e. The summed E-state index contributed by atoms with van der Waals surface area (Å²) in [5.41, 5.74) is 2.92. The van der Waals surface area contributed by atoms with Crippen LogP contribution in [0.4, 0.5) is 13.2 Å². The molecule has 3 heterocycles. The number of nitrogens with one attached hydrogen (secondary N) is 1. The molecular weight excluding hydrogens is 631 g/mol. The van der Waals surface area contributed by atoms with Gasteiger partial charge in [-0.05, 0) is 53.8 Å². The van der Waals surface area contributed by atoms with Gasteiger partial charge in [0.15, 0.2) is 0 Å². The standard InChI is InChI=1S/C33H38F3N7O5/c1-22(2)16-41(20-27-7-5-13-38-30(27)33(34,35)36)18-24-8-10-26(11-9-24)32(45)43(47)23(3)17-42(19-25-6-4-12-37-15-25)21-28-14-29(48-40-28)31(44)39-46/h4-15,22-23,46-47H,16-21H2,1-3H3,(H,39,44). The highest BCUT2D eigenvalue weighted by atomic mass is 19.4. The summed E-state index contributed by atoms with van der Waals surface area (Å²) in [5, 5.41) is 24.3. The zero-order valence-corrected chi connectivity index (χ0v) is 26.8. The molecule has 0 aliphatic heterocycles. The Hall–Kier alpha value is -4.70. The minimum absolute atomic E-state index is 0.0449. The Morgan fingerprint density at radius 3 is 2.25 bits per heavy atom.